The number of nitrogens with zero attached hydrogens (tertiary/aromatic N) is 1. The maximum absolute atomic E-state index is 11.6. The van der Waals surface area contributed by atoms with Crippen LogP contribution in [0.1, 0.15) is 34.6 Å². The molecule has 22 heavy (non-hydrogen) atoms. The first-order chi connectivity index (χ1) is 10.0. The summed E-state index contributed by atoms with van der Waals surface area (Å²) in [5.74, 6) is -0.881. The van der Waals surface area contributed by atoms with Gasteiger partial charge in [-0.1, -0.05) is 27.7 Å². The minimum Gasteiger partial charge on any atom is -0.465 e. The van der Waals surface area contributed by atoms with E-state index in [1.54, 1.807) is 0 Å². The minimum atomic E-state index is -0.352. The second-order valence-corrected chi connectivity index (χ2v) is 7.20. The number of rotatable bonds is 8. The smallest absolute Gasteiger partial charge is 0.302 e. The van der Waals surface area contributed by atoms with Crippen LogP contribution in [-0.4, -0.2) is 49.0 Å². The van der Waals surface area contributed by atoms with Crippen molar-refractivity contribution in [1.82, 2.24) is 4.90 Å². The molecule has 0 saturated heterocycles. The van der Waals surface area contributed by atoms with Gasteiger partial charge in [0.25, 0.3) is 11.8 Å². The van der Waals surface area contributed by atoms with E-state index in [0.29, 0.717) is 19.8 Å². The summed E-state index contributed by atoms with van der Waals surface area (Å²) in [6, 6.07) is 0. The predicted molar refractivity (Wildman–Crippen MR) is 80.9 cm³/mol. The number of carbonyl (C=O) groups is 3. The van der Waals surface area contributed by atoms with E-state index in [1.165, 1.54) is 24.0 Å². The van der Waals surface area contributed by atoms with E-state index >= 15 is 0 Å². The van der Waals surface area contributed by atoms with Gasteiger partial charge < -0.3 is 9.47 Å². The first kappa shape index (κ1) is 18.4. The lowest BCUT2D eigenvalue weighted by atomic mass is 9.93. The van der Waals surface area contributed by atoms with Gasteiger partial charge in [0.2, 0.25) is 0 Å². The number of esters is 1. The predicted octanol–water partition coefficient (Wildman–Crippen LogP) is 1.54. The van der Waals surface area contributed by atoms with Crippen LogP contribution in [0.2, 0.25) is 0 Å². The van der Waals surface area contributed by atoms with Crippen LogP contribution in [0.15, 0.2) is 12.2 Å². The summed E-state index contributed by atoms with van der Waals surface area (Å²) < 4.78 is 10.7. The molecule has 0 bridgehead atoms. The lowest BCUT2D eigenvalue weighted by Crippen LogP contribution is -2.41. The molecule has 0 saturated carbocycles. The largest absolute Gasteiger partial charge is 0.465 e. The van der Waals surface area contributed by atoms with Gasteiger partial charge in [-0.3, -0.25) is 19.3 Å². The Bertz CT molecular complexity index is 461. The molecule has 0 aromatic heterocycles. The Morgan fingerprint density at radius 3 is 2.00 bits per heavy atom. The zero-order valence-electron chi connectivity index (χ0n) is 14.0. The molecule has 0 unspecified atom stereocenters. The fourth-order valence-corrected chi connectivity index (χ4v) is 2.00. The van der Waals surface area contributed by atoms with Gasteiger partial charge in [0.05, 0.1) is 19.8 Å². The minimum absolute atomic E-state index is 0.284. The zero-order valence-corrected chi connectivity index (χ0v) is 14.0. The maximum Gasteiger partial charge on any atom is 0.302 e. The second-order valence-electron chi connectivity index (χ2n) is 7.20. The fourth-order valence-electron chi connectivity index (χ4n) is 2.00. The molecule has 1 heterocycles. The molecule has 6 nitrogen and oxygen atoms in total. The van der Waals surface area contributed by atoms with Gasteiger partial charge >= 0.3 is 5.97 Å². The average molecular weight is 311 g/mol. The fraction of sp³-hybridized carbons (Fsp3) is 0.688. The van der Waals surface area contributed by atoms with Crippen LogP contribution < -0.4 is 0 Å². The highest BCUT2D eigenvalue weighted by molar-refractivity contribution is 6.12. The van der Waals surface area contributed by atoms with Crippen LogP contribution in [0.25, 0.3) is 0 Å². The summed E-state index contributed by atoms with van der Waals surface area (Å²) in [6.45, 7) is 10.5. The van der Waals surface area contributed by atoms with Crippen LogP contribution in [-0.2, 0) is 23.9 Å². The number of amides is 2. The molecule has 1 rings (SSSR count). The molecule has 2 amide bonds. The maximum atomic E-state index is 11.6. The van der Waals surface area contributed by atoms with Crippen molar-refractivity contribution >= 4 is 17.8 Å². The Hall–Kier alpha value is -1.69. The molecular weight excluding hydrogens is 286 g/mol. The van der Waals surface area contributed by atoms with E-state index < -0.39 is 0 Å². The van der Waals surface area contributed by atoms with Gasteiger partial charge in [0.15, 0.2) is 0 Å². The van der Waals surface area contributed by atoms with Gasteiger partial charge in [0, 0.05) is 36.5 Å². The molecule has 0 aliphatic carbocycles. The van der Waals surface area contributed by atoms with Crippen molar-refractivity contribution in [2.45, 2.75) is 34.6 Å². The Morgan fingerprint density at radius 1 is 1.00 bits per heavy atom. The molecule has 0 radical (unpaired) electrons. The highest BCUT2D eigenvalue weighted by Crippen LogP contribution is 2.22. The van der Waals surface area contributed by atoms with Crippen LogP contribution in [0.3, 0.4) is 0 Å². The van der Waals surface area contributed by atoms with Gasteiger partial charge in [-0.2, -0.15) is 0 Å². The Morgan fingerprint density at radius 2 is 1.50 bits per heavy atom. The molecule has 1 aliphatic heterocycles. The van der Waals surface area contributed by atoms with Crippen molar-refractivity contribution in [3.05, 3.63) is 12.2 Å². The molecule has 124 valence electrons. The summed E-state index contributed by atoms with van der Waals surface area (Å²) in [5, 5.41) is 0. The van der Waals surface area contributed by atoms with Gasteiger partial charge in [-0.05, 0) is 0 Å². The Balaban J connectivity index is 2.40. The quantitative estimate of drug-likeness (QED) is 0.502. The molecule has 0 spiro atoms. The normalized spacial score (nSPS) is 15.6. The van der Waals surface area contributed by atoms with Crippen molar-refractivity contribution in [2.75, 3.05) is 26.4 Å². The van der Waals surface area contributed by atoms with E-state index in [-0.39, 0.29) is 35.2 Å². The third-order valence-corrected chi connectivity index (χ3v) is 3.14. The highest BCUT2D eigenvalue weighted by Gasteiger charge is 2.31. The Kier molecular flexibility index (Phi) is 5.88. The van der Waals surface area contributed by atoms with Crippen LogP contribution in [0.5, 0.6) is 0 Å². The number of hydrogen-bond donors (Lipinski definition) is 0. The summed E-state index contributed by atoms with van der Waals surface area (Å²) in [5.41, 5.74) is -0.641. The SMILES string of the molecule is CC(=O)OCC(C)(C)COCC(C)(C)CN1C(=O)C=CC1=O. The van der Waals surface area contributed by atoms with Crippen LogP contribution in [0.4, 0.5) is 0 Å². The van der Waals surface area contributed by atoms with E-state index in [1.807, 2.05) is 27.7 Å². The summed E-state index contributed by atoms with van der Waals surface area (Å²) in [4.78, 5) is 35.2. The van der Waals surface area contributed by atoms with Gasteiger partial charge in [-0.15, -0.1) is 0 Å². The summed E-state index contributed by atoms with van der Waals surface area (Å²) >= 11 is 0. The third kappa shape index (κ3) is 5.97. The van der Waals surface area contributed by atoms with E-state index in [2.05, 4.69) is 0 Å². The lowest BCUT2D eigenvalue weighted by molar-refractivity contribution is -0.145. The number of carbonyl (C=O) groups excluding carboxylic acids is 3. The molecule has 0 atom stereocenters. The monoisotopic (exact) mass is 311 g/mol. The molecular formula is C16H25NO5. The molecule has 0 fully saturated rings. The molecule has 1 aliphatic rings. The van der Waals surface area contributed by atoms with Gasteiger partial charge in [0.1, 0.15) is 0 Å². The topological polar surface area (TPSA) is 72.9 Å². The van der Waals surface area contributed by atoms with Crippen molar-refractivity contribution in [1.29, 1.82) is 0 Å². The third-order valence-electron chi connectivity index (χ3n) is 3.14. The standard InChI is InChI=1S/C16H25NO5/c1-12(18)22-11-16(4,5)10-21-9-15(2,3)8-17-13(19)6-7-14(17)20/h6-7H,8-11H2,1-5H3. The molecule has 0 aromatic rings. The zero-order chi connectivity index (χ0) is 17.0. The summed E-state index contributed by atoms with van der Waals surface area (Å²) in [7, 11) is 0. The molecule has 0 aromatic carbocycles. The average Bonchev–Trinajstić information content (AvgIpc) is 2.67. The van der Waals surface area contributed by atoms with E-state index in [9.17, 15) is 14.4 Å². The van der Waals surface area contributed by atoms with Crippen molar-refractivity contribution in [3.63, 3.8) is 0 Å². The first-order valence-electron chi connectivity index (χ1n) is 7.27. The number of ether oxygens (including phenoxy) is 2. The van der Waals surface area contributed by atoms with E-state index in [0.717, 1.165) is 0 Å². The highest BCUT2D eigenvalue weighted by atomic mass is 16.5. The first-order valence-corrected chi connectivity index (χ1v) is 7.27. The summed E-state index contributed by atoms with van der Waals surface area (Å²) in [6.07, 6.45) is 2.56. The lowest BCUT2D eigenvalue weighted by Gasteiger charge is -2.31. The van der Waals surface area contributed by atoms with E-state index in [4.69, 9.17) is 9.47 Å². The van der Waals surface area contributed by atoms with Crippen molar-refractivity contribution in [3.8, 4) is 0 Å². The van der Waals surface area contributed by atoms with Crippen molar-refractivity contribution in [2.24, 2.45) is 10.8 Å². The van der Waals surface area contributed by atoms with Crippen LogP contribution >= 0.6 is 0 Å². The van der Waals surface area contributed by atoms with Crippen LogP contribution in [0, 0.1) is 10.8 Å². The molecule has 0 N–H and O–H groups in total. The van der Waals surface area contributed by atoms with Gasteiger partial charge in [-0.25, -0.2) is 0 Å². The second kappa shape index (κ2) is 7.05. The van der Waals surface area contributed by atoms with Crippen molar-refractivity contribution < 1.29 is 23.9 Å². The molecule has 6 heteroatoms. The number of hydrogen-bond acceptors (Lipinski definition) is 5. The number of imide groups is 1. The Labute approximate surface area is 131 Å².